The molecular weight excluding hydrogens is 491 g/mol. The van der Waals surface area contributed by atoms with Crippen molar-refractivity contribution in [1.29, 1.82) is 0 Å². The molecule has 162 valence electrons. The van der Waals surface area contributed by atoms with E-state index in [1.165, 1.54) is 5.56 Å². The van der Waals surface area contributed by atoms with Crippen molar-refractivity contribution >= 4 is 29.9 Å². The number of halogens is 1. The van der Waals surface area contributed by atoms with Gasteiger partial charge in [-0.25, -0.2) is 9.98 Å². The lowest BCUT2D eigenvalue weighted by Gasteiger charge is -2.13. The number of hydrogen-bond acceptors (Lipinski definition) is 4. The summed E-state index contributed by atoms with van der Waals surface area (Å²) in [6.07, 6.45) is 5.69. The van der Waals surface area contributed by atoms with Gasteiger partial charge in [0.25, 0.3) is 0 Å². The maximum atomic E-state index is 5.83. The summed E-state index contributed by atoms with van der Waals surface area (Å²) in [6, 6.07) is 10.3. The molecule has 0 aliphatic rings. The maximum absolute atomic E-state index is 5.83. The fraction of sp³-hybridized carbons (Fsp3) is 0.409. The highest BCUT2D eigenvalue weighted by Crippen LogP contribution is 2.22. The number of benzene rings is 1. The summed E-state index contributed by atoms with van der Waals surface area (Å²) < 4.78 is 7.76. The van der Waals surface area contributed by atoms with Gasteiger partial charge in [-0.2, -0.15) is 5.10 Å². The Morgan fingerprint density at radius 2 is 1.87 bits per heavy atom. The van der Waals surface area contributed by atoms with Crippen molar-refractivity contribution in [1.82, 2.24) is 25.4 Å². The Morgan fingerprint density at radius 3 is 2.53 bits per heavy atom. The molecule has 0 unspecified atom stereocenters. The molecule has 0 radical (unpaired) electrons. The maximum Gasteiger partial charge on any atom is 0.213 e. The van der Waals surface area contributed by atoms with Crippen molar-refractivity contribution in [2.45, 2.75) is 52.7 Å². The van der Waals surface area contributed by atoms with Crippen LogP contribution in [-0.4, -0.2) is 27.3 Å². The van der Waals surface area contributed by atoms with Gasteiger partial charge in [0.2, 0.25) is 5.89 Å². The third-order valence-corrected chi connectivity index (χ3v) is 4.34. The van der Waals surface area contributed by atoms with Crippen LogP contribution in [0.3, 0.4) is 0 Å². The fourth-order valence-corrected chi connectivity index (χ4v) is 2.76. The van der Waals surface area contributed by atoms with Crippen LogP contribution in [0.25, 0.3) is 0 Å². The Bertz CT molecular complexity index is 927. The van der Waals surface area contributed by atoms with Gasteiger partial charge in [0.1, 0.15) is 5.76 Å². The number of aromatic nitrogens is 3. The van der Waals surface area contributed by atoms with E-state index in [1.807, 2.05) is 42.2 Å². The zero-order chi connectivity index (χ0) is 20.7. The van der Waals surface area contributed by atoms with Crippen LogP contribution in [0.15, 0.2) is 58.3 Å². The lowest BCUT2D eigenvalue weighted by atomic mass is 9.94. The topological polar surface area (TPSA) is 80.3 Å². The van der Waals surface area contributed by atoms with Gasteiger partial charge in [-0.1, -0.05) is 51.1 Å². The Hall–Kier alpha value is -2.36. The molecule has 0 aliphatic heterocycles. The molecule has 2 N–H and O–H groups in total. The van der Waals surface area contributed by atoms with E-state index in [0.29, 0.717) is 19.0 Å². The smallest absolute Gasteiger partial charge is 0.213 e. The summed E-state index contributed by atoms with van der Waals surface area (Å²) >= 11 is 0. The molecule has 0 spiro atoms. The van der Waals surface area contributed by atoms with Crippen LogP contribution < -0.4 is 10.6 Å². The summed E-state index contributed by atoms with van der Waals surface area (Å²) in [5.74, 6) is 2.25. The Morgan fingerprint density at radius 1 is 1.10 bits per heavy atom. The normalized spacial score (nSPS) is 11.8. The molecule has 0 aliphatic carbocycles. The van der Waals surface area contributed by atoms with Gasteiger partial charge in [-0.15, -0.1) is 24.0 Å². The van der Waals surface area contributed by atoms with Crippen molar-refractivity contribution in [3.05, 3.63) is 71.7 Å². The summed E-state index contributed by atoms with van der Waals surface area (Å²) in [5.41, 5.74) is 2.23. The van der Waals surface area contributed by atoms with Crippen LogP contribution in [-0.2, 0) is 25.0 Å². The van der Waals surface area contributed by atoms with Crippen LogP contribution in [0.5, 0.6) is 0 Å². The van der Waals surface area contributed by atoms with Crippen LogP contribution in [0.2, 0.25) is 0 Å². The van der Waals surface area contributed by atoms with Gasteiger partial charge in [-0.05, 0) is 12.5 Å². The number of hydrogen-bond donors (Lipinski definition) is 2. The van der Waals surface area contributed by atoms with Gasteiger partial charge in [0.05, 0.1) is 32.0 Å². The second-order valence-corrected chi connectivity index (χ2v) is 7.95. The molecule has 30 heavy (non-hydrogen) atoms. The summed E-state index contributed by atoms with van der Waals surface area (Å²) in [4.78, 5) is 9.00. The fourth-order valence-electron chi connectivity index (χ4n) is 2.76. The zero-order valence-corrected chi connectivity index (χ0v) is 20.4. The molecule has 1 aromatic carbocycles. The molecule has 2 aromatic heterocycles. The molecule has 0 atom stereocenters. The molecule has 2 heterocycles. The predicted molar refractivity (Wildman–Crippen MR) is 130 cm³/mol. The Kier molecular flexibility index (Phi) is 8.88. The lowest BCUT2D eigenvalue weighted by Crippen LogP contribution is -2.36. The molecule has 0 fully saturated rings. The molecule has 0 saturated heterocycles. The van der Waals surface area contributed by atoms with E-state index < -0.39 is 0 Å². The van der Waals surface area contributed by atoms with Crippen molar-refractivity contribution in [2.24, 2.45) is 4.99 Å². The van der Waals surface area contributed by atoms with Crippen molar-refractivity contribution < 1.29 is 4.42 Å². The van der Waals surface area contributed by atoms with E-state index in [-0.39, 0.29) is 29.4 Å². The first-order valence-corrected chi connectivity index (χ1v) is 9.96. The minimum atomic E-state index is -0.0518. The average molecular weight is 522 g/mol. The first-order chi connectivity index (χ1) is 13.9. The number of rotatable bonds is 7. The lowest BCUT2D eigenvalue weighted by molar-refractivity contribution is 0.379. The number of nitrogens with zero attached hydrogens (tertiary/aromatic N) is 4. The van der Waals surface area contributed by atoms with Gasteiger partial charge in [0.15, 0.2) is 5.96 Å². The molecule has 7 nitrogen and oxygen atoms in total. The minimum Gasteiger partial charge on any atom is -0.443 e. The number of oxazole rings is 1. The number of guanidine groups is 1. The predicted octanol–water partition coefficient (Wildman–Crippen LogP) is 4.09. The molecule has 0 amide bonds. The molecule has 3 rings (SSSR count). The first kappa shape index (κ1) is 23.9. The highest BCUT2D eigenvalue weighted by molar-refractivity contribution is 14.0. The van der Waals surface area contributed by atoms with Crippen LogP contribution in [0, 0.1) is 0 Å². The van der Waals surface area contributed by atoms with Crippen LogP contribution in [0.1, 0.15) is 50.5 Å². The van der Waals surface area contributed by atoms with E-state index in [1.54, 1.807) is 6.20 Å². The zero-order valence-electron chi connectivity index (χ0n) is 18.1. The number of nitrogens with one attached hydrogen (secondary N) is 2. The Labute approximate surface area is 195 Å². The van der Waals surface area contributed by atoms with Gasteiger partial charge in [-0.3, -0.25) is 4.68 Å². The summed E-state index contributed by atoms with van der Waals surface area (Å²) in [6.45, 7) is 10.9. The molecule has 3 aromatic rings. The molecule has 0 bridgehead atoms. The third kappa shape index (κ3) is 7.16. The van der Waals surface area contributed by atoms with Gasteiger partial charge in [0, 0.05) is 23.7 Å². The first-order valence-electron chi connectivity index (χ1n) is 9.96. The van der Waals surface area contributed by atoms with E-state index in [0.717, 1.165) is 30.4 Å². The van der Waals surface area contributed by atoms with E-state index >= 15 is 0 Å². The highest BCUT2D eigenvalue weighted by Gasteiger charge is 2.19. The number of aliphatic imine (C=N–C) groups is 1. The van der Waals surface area contributed by atoms with Gasteiger partial charge < -0.3 is 15.1 Å². The van der Waals surface area contributed by atoms with E-state index in [4.69, 9.17) is 4.42 Å². The third-order valence-electron chi connectivity index (χ3n) is 4.34. The van der Waals surface area contributed by atoms with Crippen LogP contribution >= 0.6 is 24.0 Å². The van der Waals surface area contributed by atoms with Crippen molar-refractivity contribution in [3.8, 4) is 0 Å². The second-order valence-electron chi connectivity index (χ2n) is 7.95. The van der Waals surface area contributed by atoms with Gasteiger partial charge >= 0.3 is 0 Å². The second kappa shape index (κ2) is 11.1. The average Bonchev–Trinajstić information content (AvgIpc) is 3.34. The van der Waals surface area contributed by atoms with Crippen molar-refractivity contribution in [2.75, 3.05) is 6.54 Å². The molecular formula is C22H31IN6O. The summed E-state index contributed by atoms with van der Waals surface area (Å²) in [7, 11) is 0. The quantitative estimate of drug-likeness (QED) is 0.278. The Balaban J connectivity index is 0.00000320. The summed E-state index contributed by atoms with van der Waals surface area (Å²) in [5, 5.41) is 11.0. The molecule has 8 heteroatoms. The van der Waals surface area contributed by atoms with E-state index in [2.05, 4.69) is 58.6 Å². The minimum absolute atomic E-state index is 0. The molecule has 0 saturated carbocycles. The van der Waals surface area contributed by atoms with Crippen LogP contribution in [0.4, 0.5) is 0 Å². The van der Waals surface area contributed by atoms with E-state index in [9.17, 15) is 0 Å². The monoisotopic (exact) mass is 522 g/mol. The van der Waals surface area contributed by atoms with Crippen molar-refractivity contribution in [3.63, 3.8) is 0 Å². The highest BCUT2D eigenvalue weighted by atomic mass is 127. The standard InChI is InChI=1S/C22H30N6O.HI/c1-5-23-21(26-14-20-24-13-19(29-20)22(2,3)4)25-11-18-12-27-28(16-18)15-17-9-7-6-8-10-17;/h6-10,12-13,16H,5,11,14-15H2,1-4H3,(H2,23,25,26);1H. The SMILES string of the molecule is CCNC(=NCc1cnn(Cc2ccccc2)c1)NCc1ncc(C(C)(C)C)o1.I. The largest absolute Gasteiger partial charge is 0.443 e.